The van der Waals surface area contributed by atoms with Crippen molar-refractivity contribution in [1.29, 1.82) is 0 Å². The minimum absolute atomic E-state index is 0.0707. The number of thioether (sulfide) groups is 1. The monoisotopic (exact) mass is 311 g/mol. The van der Waals surface area contributed by atoms with E-state index < -0.39 is 0 Å². The average molecular weight is 312 g/mol. The molecule has 0 spiro atoms. The smallest absolute Gasteiger partial charge is 0.234 e. The van der Waals surface area contributed by atoms with Crippen LogP contribution in [0, 0.1) is 0 Å². The Morgan fingerprint density at radius 3 is 3.00 bits per heavy atom. The van der Waals surface area contributed by atoms with Crippen molar-refractivity contribution >= 4 is 35.0 Å². The first-order valence-corrected chi connectivity index (χ1v) is 7.26. The number of nitrogens with one attached hydrogen (secondary N) is 1. The van der Waals surface area contributed by atoms with Crippen molar-refractivity contribution in [2.24, 2.45) is 7.05 Å². The lowest BCUT2D eigenvalue weighted by atomic mass is 10.3. The fraction of sp³-hybridized carbons (Fsp3) is 0.231. The van der Waals surface area contributed by atoms with Gasteiger partial charge >= 0.3 is 0 Å². The molecular weight excluding hydrogens is 298 g/mol. The average Bonchev–Trinajstić information content (AvgIpc) is 2.77. The second-order valence-corrected chi connectivity index (χ2v) is 5.48. The Balaban J connectivity index is 1.90. The highest BCUT2D eigenvalue weighted by Gasteiger charge is 2.09. The minimum atomic E-state index is -0.134. The van der Waals surface area contributed by atoms with Crippen LogP contribution in [0.3, 0.4) is 0 Å². The first kappa shape index (κ1) is 14.9. The number of rotatable bonds is 5. The predicted octanol–water partition coefficient (Wildman–Crippen LogP) is 2.30. The Morgan fingerprint density at radius 1 is 1.55 bits per heavy atom. The third-order valence-electron chi connectivity index (χ3n) is 2.64. The summed E-state index contributed by atoms with van der Waals surface area (Å²) in [5.41, 5.74) is 1.38. The van der Waals surface area contributed by atoms with E-state index in [-0.39, 0.29) is 18.3 Å². The molecule has 0 radical (unpaired) electrons. The summed E-state index contributed by atoms with van der Waals surface area (Å²) in [7, 11) is 1.80. The third kappa shape index (κ3) is 3.75. The zero-order valence-corrected chi connectivity index (χ0v) is 12.4. The summed E-state index contributed by atoms with van der Waals surface area (Å²) < 4.78 is 1.76. The molecule has 1 aromatic carbocycles. The normalized spacial score (nSPS) is 10.6. The molecule has 1 amide bonds. The van der Waals surface area contributed by atoms with Crippen molar-refractivity contribution in [3.8, 4) is 0 Å². The van der Waals surface area contributed by atoms with E-state index in [2.05, 4.69) is 10.3 Å². The maximum Gasteiger partial charge on any atom is 0.234 e. The number of halogens is 1. The van der Waals surface area contributed by atoms with E-state index in [4.69, 9.17) is 16.7 Å². The van der Waals surface area contributed by atoms with Crippen molar-refractivity contribution in [1.82, 2.24) is 9.55 Å². The molecule has 0 bridgehead atoms. The van der Waals surface area contributed by atoms with Crippen molar-refractivity contribution in [3.63, 3.8) is 0 Å². The van der Waals surface area contributed by atoms with E-state index in [0.717, 1.165) is 0 Å². The number of hydrogen-bond donors (Lipinski definition) is 2. The summed E-state index contributed by atoms with van der Waals surface area (Å²) in [6.07, 6.45) is 1.59. The van der Waals surface area contributed by atoms with E-state index in [1.165, 1.54) is 11.8 Å². The van der Waals surface area contributed by atoms with E-state index in [9.17, 15) is 4.79 Å². The highest BCUT2D eigenvalue weighted by molar-refractivity contribution is 7.99. The summed E-state index contributed by atoms with van der Waals surface area (Å²) in [5, 5.41) is 13.1. The zero-order chi connectivity index (χ0) is 14.5. The molecule has 2 rings (SSSR count). The van der Waals surface area contributed by atoms with Gasteiger partial charge < -0.3 is 15.0 Å². The van der Waals surface area contributed by atoms with Crippen LogP contribution in [0.2, 0.25) is 5.02 Å². The van der Waals surface area contributed by atoms with Crippen molar-refractivity contribution in [2.45, 2.75) is 11.8 Å². The molecule has 0 aliphatic carbocycles. The number of carbonyl (C=O) groups excluding carboxylic acids is 1. The van der Waals surface area contributed by atoms with Gasteiger partial charge in [-0.05, 0) is 18.2 Å². The van der Waals surface area contributed by atoms with E-state index in [1.807, 2.05) is 0 Å². The van der Waals surface area contributed by atoms with Gasteiger partial charge in [-0.1, -0.05) is 29.4 Å². The molecule has 0 saturated carbocycles. The molecule has 0 saturated heterocycles. The molecule has 1 aromatic heterocycles. The molecule has 2 N–H and O–H groups in total. The molecule has 7 heteroatoms. The lowest BCUT2D eigenvalue weighted by molar-refractivity contribution is -0.113. The van der Waals surface area contributed by atoms with Crippen LogP contribution in [0.5, 0.6) is 0 Å². The number of amides is 1. The molecule has 0 fully saturated rings. The lowest BCUT2D eigenvalue weighted by Gasteiger charge is -2.06. The topological polar surface area (TPSA) is 67.1 Å². The van der Waals surface area contributed by atoms with Crippen LogP contribution in [-0.2, 0) is 18.4 Å². The summed E-state index contributed by atoms with van der Waals surface area (Å²) in [4.78, 5) is 16.0. The highest BCUT2D eigenvalue weighted by atomic mass is 35.5. The standard InChI is InChI=1S/C13H14ClN3O2S/c1-17-11(7-18)6-15-13(17)20-8-12(19)16-10-4-2-3-9(14)5-10/h2-6,18H,7-8H2,1H3,(H,16,19). The van der Waals surface area contributed by atoms with Gasteiger partial charge in [0, 0.05) is 17.8 Å². The number of benzene rings is 1. The Bertz CT molecular complexity index is 615. The fourth-order valence-electron chi connectivity index (χ4n) is 1.60. The summed E-state index contributed by atoms with van der Waals surface area (Å²) in [5.74, 6) is 0.105. The SMILES string of the molecule is Cn1c(CO)cnc1SCC(=O)Nc1cccc(Cl)c1. The minimum Gasteiger partial charge on any atom is -0.390 e. The van der Waals surface area contributed by atoms with Gasteiger partial charge in [-0.3, -0.25) is 4.79 Å². The van der Waals surface area contributed by atoms with Gasteiger partial charge in [-0.15, -0.1) is 0 Å². The van der Waals surface area contributed by atoms with Crippen LogP contribution >= 0.6 is 23.4 Å². The quantitative estimate of drug-likeness (QED) is 0.832. The van der Waals surface area contributed by atoms with Crippen LogP contribution in [-0.4, -0.2) is 26.3 Å². The van der Waals surface area contributed by atoms with E-state index in [1.54, 1.807) is 42.1 Å². The number of hydrogen-bond acceptors (Lipinski definition) is 4. The number of aromatic nitrogens is 2. The number of carbonyl (C=O) groups is 1. The zero-order valence-electron chi connectivity index (χ0n) is 10.8. The van der Waals surface area contributed by atoms with Gasteiger partial charge in [0.2, 0.25) is 5.91 Å². The second-order valence-electron chi connectivity index (χ2n) is 4.10. The summed E-state index contributed by atoms with van der Waals surface area (Å²) >= 11 is 7.16. The molecule has 0 unspecified atom stereocenters. The number of anilines is 1. The summed E-state index contributed by atoms with van der Waals surface area (Å²) in [6.45, 7) is -0.0707. The van der Waals surface area contributed by atoms with E-state index in [0.29, 0.717) is 21.6 Å². The summed E-state index contributed by atoms with van der Waals surface area (Å²) in [6, 6.07) is 6.99. The number of imidazole rings is 1. The molecule has 5 nitrogen and oxygen atoms in total. The first-order chi connectivity index (χ1) is 9.60. The van der Waals surface area contributed by atoms with Crippen LogP contribution in [0.15, 0.2) is 35.6 Å². The molecule has 2 aromatic rings. The Labute approximate surface area is 126 Å². The van der Waals surface area contributed by atoms with Crippen LogP contribution in [0.1, 0.15) is 5.69 Å². The van der Waals surface area contributed by atoms with Gasteiger partial charge in [0.05, 0.1) is 24.3 Å². The van der Waals surface area contributed by atoms with Crippen molar-refractivity contribution in [3.05, 3.63) is 41.2 Å². The van der Waals surface area contributed by atoms with Crippen LogP contribution in [0.25, 0.3) is 0 Å². The molecule has 0 atom stereocenters. The van der Waals surface area contributed by atoms with Crippen LogP contribution in [0.4, 0.5) is 5.69 Å². The largest absolute Gasteiger partial charge is 0.390 e. The first-order valence-electron chi connectivity index (χ1n) is 5.90. The maximum atomic E-state index is 11.8. The highest BCUT2D eigenvalue weighted by Crippen LogP contribution is 2.19. The van der Waals surface area contributed by atoms with Crippen LogP contribution < -0.4 is 5.32 Å². The molecule has 106 valence electrons. The van der Waals surface area contributed by atoms with Crippen molar-refractivity contribution in [2.75, 3.05) is 11.1 Å². The van der Waals surface area contributed by atoms with Gasteiger partial charge in [-0.2, -0.15) is 0 Å². The molecule has 0 aliphatic rings. The Kier molecular flexibility index (Phi) is 5.05. The number of aliphatic hydroxyl groups is 1. The van der Waals surface area contributed by atoms with Gasteiger partial charge in [0.1, 0.15) is 0 Å². The third-order valence-corrected chi connectivity index (χ3v) is 3.92. The molecule has 20 heavy (non-hydrogen) atoms. The maximum absolute atomic E-state index is 11.8. The fourth-order valence-corrected chi connectivity index (χ4v) is 2.56. The van der Waals surface area contributed by atoms with Crippen molar-refractivity contribution < 1.29 is 9.90 Å². The molecule has 1 heterocycles. The second kappa shape index (κ2) is 6.78. The van der Waals surface area contributed by atoms with Gasteiger partial charge in [-0.25, -0.2) is 4.98 Å². The number of nitrogens with zero attached hydrogens (tertiary/aromatic N) is 2. The molecular formula is C13H14ClN3O2S. The predicted molar refractivity (Wildman–Crippen MR) is 79.9 cm³/mol. The lowest BCUT2D eigenvalue weighted by Crippen LogP contribution is -2.14. The Morgan fingerprint density at radius 2 is 2.35 bits per heavy atom. The Hall–Kier alpha value is -1.50. The van der Waals surface area contributed by atoms with Gasteiger partial charge in [0.25, 0.3) is 0 Å². The number of aliphatic hydroxyl groups excluding tert-OH is 1. The van der Waals surface area contributed by atoms with E-state index >= 15 is 0 Å². The van der Waals surface area contributed by atoms with Gasteiger partial charge in [0.15, 0.2) is 5.16 Å². The molecule has 0 aliphatic heterocycles.